The number of nitrogens with two attached hydrogens (primary N) is 1. The number of nitrogens with zero attached hydrogens (tertiary/aromatic N) is 2. The Morgan fingerprint density at radius 3 is 2.39 bits per heavy atom. The number of quaternary nitrogens is 1. The second kappa shape index (κ2) is 14.1. The minimum absolute atomic E-state index is 0.317. The van der Waals surface area contributed by atoms with E-state index in [0.29, 0.717) is 12.3 Å². The van der Waals surface area contributed by atoms with Gasteiger partial charge in [0.15, 0.2) is 5.84 Å². The van der Waals surface area contributed by atoms with Gasteiger partial charge in [-0.25, -0.2) is 4.99 Å². The molecule has 1 fully saturated rings. The Hall–Kier alpha value is -0.940. The van der Waals surface area contributed by atoms with E-state index in [9.17, 15) is 9.90 Å². The lowest BCUT2D eigenvalue weighted by Gasteiger charge is -2.40. The Bertz CT molecular complexity index is 465. The van der Waals surface area contributed by atoms with Crippen LogP contribution >= 0.6 is 0 Å². The molecule has 1 unspecified atom stereocenters. The predicted octanol–water partition coefficient (Wildman–Crippen LogP) is 3.65. The molecule has 0 saturated carbocycles. The van der Waals surface area contributed by atoms with Crippen LogP contribution in [0.25, 0.3) is 0 Å². The first kappa shape index (κ1) is 25.1. The van der Waals surface area contributed by atoms with Gasteiger partial charge in [-0.1, -0.05) is 46.5 Å². The molecule has 0 aromatic carbocycles. The summed E-state index contributed by atoms with van der Waals surface area (Å²) in [6.45, 7) is 11.4. The van der Waals surface area contributed by atoms with E-state index in [1.807, 2.05) is 13.8 Å². The van der Waals surface area contributed by atoms with Crippen LogP contribution in [0.2, 0.25) is 0 Å². The highest BCUT2D eigenvalue weighted by Crippen LogP contribution is 2.26. The first-order chi connectivity index (χ1) is 13.4. The van der Waals surface area contributed by atoms with Gasteiger partial charge < -0.3 is 15.6 Å². The molecule has 1 saturated heterocycles. The molecule has 2 rings (SSSR count). The molecule has 164 valence electrons. The van der Waals surface area contributed by atoms with E-state index >= 15 is 0 Å². The lowest BCUT2D eigenvalue weighted by molar-refractivity contribution is -0.845. The van der Waals surface area contributed by atoms with Crippen LogP contribution in [0.15, 0.2) is 4.99 Å². The molecule has 0 spiro atoms. The van der Waals surface area contributed by atoms with E-state index < -0.39 is 12.0 Å². The Morgan fingerprint density at radius 2 is 1.75 bits per heavy atom. The van der Waals surface area contributed by atoms with Crippen LogP contribution in [0, 0.1) is 5.92 Å². The first-order valence-corrected chi connectivity index (χ1v) is 11.8. The van der Waals surface area contributed by atoms with E-state index in [2.05, 4.69) is 6.92 Å². The maximum atomic E-state index is 10.00. The van der Waals surface area contributed by atoms with Gasteiger partial charge >= 0.3 is 0 Å². The summed E-state index contributed by atoms with van der Waals surface area (Å²) in [4.78, 5) is 14.9. The monoisotopic (exact) mass is 395 g/mol. The second-order valence-electron chi connectivity index (χ2n) is 9.10. The van der Waals surface area contributed by atoms with Crippen molar-refractivity contribution in [3.8, 4) is 0 Å². The predicted molar refractivity (Wildman–Crippen MR) is 116 cm³/mol. The molecule has 2 aliphatic heterocycles. The van der Waals surface area contributed by atoms with E-state index in [4.69, 9.17) is 10.7 Å². The second-order valence-corrected chi connectivity index (χ2v) is 9.10. The van der Waals surface area contributed by atoms with Gasteiger partial charge in [-0.05, 0) is 44.4 Å². The topological polar surface area (TPSA) is 78.5 Å². The average Bonchev–Trinajstić information content (AvgIpc) is 2.87. The van der Waals surface area contributed by atoms with Gasteiger partial charge in [0.2, 0.25) is 0 Å². The summed E-state index contributed by atoms with van der Waals surface area (Å²) in [6, 6.07) is -0.801. The van der Waals surface area contributed by atoms with Crippen molar-refractivity contribution < 1.29 is 14.4 Å². The quantitative estimate of drug-likeness (QED) is 0.453. The summed E-state index contributed by atoms with van der Waals surface area (Å²) in [5, 5.41) is 10.00. The molecule has 0 amide bonds. The third-order valence-electron chi connectivity index (χ3n) is 6.04. The van der Waals surface area contributed by atoms with Crippen molar-refractivity contribution in [2.45, 2.75) is 104 Å². The summed E-state index contributed by atoms with van der Waals surface area (Å²) >= 11 is 0. The summed E-state index contributed by atoms with van der Waals surface area (Å²) in [7, 11) is 0. The number of carboxylic acid groups (broad SMARTS) is 1. The van der Waals surface area contributed by atoms with E-state index in [0.717, 1.165) is 6.54 Å². The molecule has 5 heteroatoms. The van der Waals surface area contributed by atoms with E-state index in [-0.39, 0.29) is 0 Å². The summed E-state index contributed by atoms with van der Waals surface area (Å²) in [5.41, 5.74) is 5.16. The third kappa shape index (κ3) is 9.51. The van der Waals surface area contributed by atoms with Crippen LogP contribution in [-0.4, -0.2) is 48.5 Å². The normalized spacial score (nSPS) is 23.1. The molecule has 2 N–H and O–H groups in total. The number of carbonyl (C=O) groups is 1. The van der Waals surface area contributed by atoms with Crippen LogP contribution in [0.1, 0.15) is 97.8 Å². The standard InChI is InChI=1S/C17H33N2.C6H13NO2/c1-2-3-4-5-6-9-14-19-15-10-7-8-12-17(19)18-13-11-16-19;1-4(2)3-5(7)6(8)9/h2-16H2,1H3;4-5H,3,7H2,1-2H3,(H,8,9)/q+1;/p-1/t;5-/m.0/s1. The van der Waals surface area contributed by atoms with Crippen molar-refractivity contribution in [2.24, 2.45) is 16.6 Å². The molecular weight excluding hydrogens is 350 g/mol. The number of amidine groups is 1. The first-order valence-electron chi connectivity index (χ1n) is 11.8. The number of unbranched alkanes of at least 4 members (excludes halogenated alkanes) is 5. The van der Waals surface area contributed by atoms with Gasteiger partial charge in [-0.3, -0.25) is 4.48 Å². The highest BCUT2D eigenvalue weighted by atomic mass is 16.4. The van der Waals surface area contributed by atoms with Crippen LogP contribution in [0.3, 0.4) is 0 Å². The molecular formula is C23H45N3O2. The number of aliphatic carboxylic acids is 1. The number of fused-ring (bicyclic) bond motifs is 1. The van der Waals surface area contributed by atoms with Gasteiger partial charge in [-0.2, -0.15) is 0 Å². The van der Waals surface area contributed by atoms with Crippen molar-refractivity contribution in [3.63, 3.8) is 0 Å². The fourth-order valence-corrected chi connectivity index (χ4v) is 4.44. The average molecular weight is 396 g/mol. The van der Waals surface area contributed by atoms with Crippen molar-refractivity contribution in [1.82, 2.24) is 0 Å². The Labute approximate surface area is 173 Å². The summed E-state index contributed by atoms with van der Waals surface area (Å²) in [5.74, 6) is 0.721. The zero-order valence-electron chi connectivity index (χ0n) is 18.8. The minimum atomic E-state index is -1.16. The molecule has 0 aromatic rings. The van der Waals surface area contributed by atoms with Gasteiger partial charge in [0.25, 0.3) is 0 Å². The van der Waals surface area contributed by atoms with Crippen molar-refractivity contribution in [2.75, 3.05) is 26.2 Å². The largest absolute Gasteiger partial charge is 0.548 e. The van der Waals surface area contributed by atoms with Crippen LogP contribution < -0.4 is 10.8 Å². The fourth-order valence-electron chi connectivity index (χ4n) is 4.44. The van der Waals surface area contributed by atoms with Gasteiger partial charge in [-0.15, -0.1) is 0 Å². The number of carboxylic acids is 1. The molecule has 2 aliphatic rings. The smallest absolute Gasteiger partial charge is 0.198 e. The molecule has 0 aromatic heterocycles. The Kier molecular flexibility index (Phi) is 12.6. The number of hydrogen-bond donors (Lipinski definition) is 1. The van der Waals surface area contributed by atoms with Crippen molar-refractivity contribution in [3.05, 3.63) is 0 Å². The number of aliphatic imine (C=N–C) groups is 1. The fraction of sp³-hybridized carbons (Fsp3) is 0.913. The number of carbonyl (C=O) groups excluding carboxylic acids is 1. The summed E-state index contributed by atoms with van der Waals surface area (Å²) < 4.78 is 1.29. The lowest BCUT2D eigenvalue weighted by Crippen LogP contribution is -2.55. The highest BCUT2D eigenvalue weighted by molar-refractivity contribution is 5.76. The van der Waals surface area contributed by atoms with Gasteiger partial charge in [0, 0.05) is 25.4 Å². The molecule has 0 radical (unpaired) electrons. The number of hydrogen-bond acceptors (Lipinski definition) is 4. The molecule has 2 heterocycles. The van der Waals surface area contributed by atoms with Gasteiger partial charge in [0.1, 0.15) is 0 Å². The van der Waals surface area contributed by atoms with Gasteiger partial charge in [0.05, 0.1) is 25.6 Å². The minimum Gasteiger partial charge on any atom is -0.548 e. The van der Waals surface area contributed by atoms with Crippen molar-refractivity contribution >= 4 is 11.8 Å². The Balaban J connectivity index is 0.000000370. The maximum absolute atomic E-state index is 10.00. The van der Waals surface area contributed by atoms with Crippen molar-refractivity contribution in [1.29, 1.82) is 0 Å². The SMILES string of the molecule is CC(C)C[C@H](N)C(=O)[O-].CCCCCCCC[N+]12CCCCCC1=NCCC2. The van der Waals surface area contributed by atoms with E-state index in [1.54, 1.807) is 5.84 Å². The molecule has 28 heavy (non-hydrogen) atoms. The highest BCUT2D eigenvalue weighted by Gasteiger charge is 2.36. The summed E-state index contributed by atoms with van der Waals surface area (Å²) in [6.07, 6.45) is 15.9. The Morgan fingerprint density at radius 1 is 1.07 bits per heavy atom. The molecule has 0 aliphatic carbocycles. The lowest BCUT2D eigenvalue weighted by atomic mass is 10.1. The van der Waals surface area contributed by atoms with Crippen LogP contribution in [0.4, 0.5) is 0 Å². The zero-order valence-corrected chi connectivity index (χ0v) is 18.8. The van der Waals surface area contributed by atoms with Crippen LogP contribution in [0.5, 0.6) is 0 Å². The molecule has 0 bridgehead atoms. The van der Waals surface area contributed by atoms with Crippen LogP contribution in [-0.2, 0) is 4.79 Å². The zero-order chi connectivity index (χ0) is 20.8. The van der Waals surface area contributed by atoms with E-state index in [1.165, 1.54) is 94.7 Å². The third-order valence-corrected chi connectivity index (χ3v) is 6.04. The molecule has 2 atom stereocenters. The molecule has 5 nitrogen and oxygen atoms in total. The number of rotatable bonds is 10. The maximum Gasteiger partial charge on any atom is 0.198 e.